The smallest absolute Gasteiger partial charge is 0.242 e. The monoisotopic (exact) mass is 487 g/mol. The van der Waals surface area contributed by atoms with Crippen molar-refractivity contribution in [3.8, 4) is 0 Å². The number of para-hydroxylation sites is 1. The molecule has 2 aromatic rings. The second kappa shape index (κ2) is 12.0. The van der Waals surface area contributed by atoms with Gasteiger partial charge in [0.05, 0.1) is 11.9 Å². The predicted octanol–water partition coefficient (Wildman–Crippen LogP) is 3.79. The summed E-state index contributed by atoms with van der Waals surface area (Å²) in [5.74, 6) is -0.400. The molecule has 2 amide bonds. The average molecular weight is 488 g/mol. The standard InChI is InChI=1S/C26H37N3O4S/c1-19(2)27-26(31)22(5)28(18-23-14-9-7-12-20(23)3)25(30)16-11-17-29(34(6,32)33)24-15-10-8-13-21(24)4/h7-10,12-15,19,22H,11,16-18H2,1-6H3,(H,27,31)/t22-/m1/s1. The fourth-order valence-electron chi connectivity index (χ4n) is 3.78. The van der Waals surface area contributed by atoms with E-state index >= 15 is 0 Å². The van der Waals surface area contributed by atoms with Gasteiger partial charge in [0, 0.05) is 25.6 Å². The van der Waals surface area contributed by atoms with Crippen molar-refractivity contribution >= 4 is 27.5 Å². The number of nitrogens with zero attached hydrogens (tertiary/aromatic N) is 2. The number of carbonyl (C=O) groups is 2. The molecule has 186 valence electrons. The molecular weight excluding hydrogens is 450 g/mol. The van der Waals surface area contributed by atoms with Crippen molar-refractivity contribution in [1.29, 1.82) is 0 Å². The first-order valence-electron chi connectivity index (χ1n) is 11.6. The summed E-state index contributed by atoms with van der Waals surface area (Å²) in [7, 11) is -3.51. The molecule has 0 aromatic heterocycles. The molecule has 0 spiro atoms. The third-order valence-corrected chi connectivity index (χ3v) is 6.92. The van der Waals surface area contributed by atoms with Crippen LogP contribution in [0, 0.1) is 13.8 Å². The fourth-order valence-corrected chi connectivity index (χ4v) is 4.81. The van der Waals surface area contributed by atoms with Gasteiger partial charge < -0.3 is 10.2 Å². The number of rotatable bonds is 11. The number of amides is 2. The van der Waals surface area contributed by atoms with Gasteiger partial charge in [-0.1, -0.05) is 42.5 Å². The predicted molar refractivity (Wildman–Crippen MR) is 137 cm³/mol. The minimum atomic E-state index is -3.51. The quantitative estimate of drug-likeness (QED) is 0.522. The molecule has 34 heavy (non-hydrogen) atoms. The summed E-state index contributed by atoms with van der Waals surface area (Å²) in [6.07, 6.45) is 1.64. The Bertz CT molecular complexity index is 1100. The molecule has 0 saturated heterocycles. The van der Waals surface area contributed by atoms with Crippen molar-refractivity contribution in [3.05, 3.63) is 65.2 Å². The zero-order chi connectivity index (χ0) is 25.5. The maximum absolute atomic E-state index is 13.3. The van der Waals surface area contributed by atoms with Gasteiger partial charge in [0.2, 0.25) is 21.8 Å². The number of hydrogen-bond donors (Lipinski definition) is 1. The largest absolute Gasteiger partial charge is 0.352 e. The maximum atomic E-state index is 13.3. The van der Waals surface area contributed by atoms with E-state index in [0.717, 1.165) is 16.7 Å². The highest BCUT2D eigenvalue weighted by Crippen LogP contribution is 2.23. The number of nitrogens with one attached hydrogen (secondary N) is 1. The normalized spacial score (nSPS) is 12.3. The summed E-state index contributed by atoms with van der Waals surface area (Å²) >= 11 is 0. The van der Waals surface area contributed by atoms with Gasteiger partial charge in [0.15, 0.2) is 0 Å². The van der Waals surface area contributed by atoms with E-state index in [9.17, 15) is 18.0 Å². The lowest BCUT2D eigenvalue weighted by molar-refractivity contribution is -0.140. The van der Waals surface area contributed by atoms with Crippen molar-refractivity contribution in [2.75, 3.05) is 17.1 Å². The molecule has 0 aliphatic rings. The van der Waals surface area contributed by atoms with Crippen molar-refractivity contribution in [3.63, 3.8) is 0 Å². The van der Waals surface area contributed by atoms with Crippen LogP contribution < -0.4 is 9.62 Å². The molecule has 1 N–H and O–H groups in total. The Morgan fingerprint density at radius 2 is 1.53 bits per heavy atom. The lowest BCUT2D eigenvalue weighted by Crippen LogP contribution is -2.49. The van der Waals surface area contributed by atoms with Crippen LogP contribution in [-0.4, -0.2) is 50.0 Å². The van der Waals surface area contributed by atoms with Gasteiger partial charge in [-0.2, -0.15) is 0 Å². The molecule has 1 atom stereocenters. The van der Waals surface area contributed by atoms with E-state index in [2.05, 4.69) is 5.32 Å². The molecule has 0 radical (unpaired) electrons. The first kappa shape index (κ1) is 27.4. The molecule has 7 nitrogen and oxygen atoms in total. The second-order valence-corrected chi connectivity index (χ2v) is 10.9. The van der Waals surface area contributed by atoms with Gasteiger partial charge in [-0.05, 0) is 63.8 Å². The van der Waals surface area contributed by atoms with Crippen LogP contribution in [0.25, 0.3) is 0 Å². The lowest BCUT2D eigenvalue weighted by atomic mass is 10.1. The van der Waals surface area contributed by atoms with Gasteiger partial charge in [0.25, 0.3) is 0 Å². The second-order valence-electron chi connectivity index (χ2n) is 9.01. The fraction of sp³-hybridized carbons (Fsp3) is 0.462. The van der Waals surface area contributed by atoms with Gasteiger partial charge in [-0.15, -0.1) is 0 Å². The van der Waals surface area contributed by atoms with E-state index in [1.54, 1.807) is 24.0 Å². The molecular formula is C26H37N3O4S. The highest BCUT2D eigenvalue weighted by molar-refractivity contribution is 7.92. The van der Waals surface area contributed by atoms with Gasteiger partial charge in [-0.3, -0.25) is 13.9 Å². The zero-order valence-electron chi connectivity index (χ0n) is 21.0. The molecule has 2 aromatic carbocycles. The van der Waals surface area contributed by atoms with Crippen LogP contribution >= 0.6 is 0 Å². The molecule has 2 rings (SSSR count). The summed E-state index contributed by atoms with van der Waals surface area (Å²) in [6, 6.07) is 14.4. The van der Waals surface area contributed by atoms with Crippen molar-refractivity contribution in [2.45, 2.75) is 66.1 Å². The summed E-state index contributed by atoms with van der Waals surface area (Å²) < 4.78 is 26.2. The molecule has 0 heterocycles. The topological polar surface area (TPSA) is 86.8 Å². The maximum Gasteiger partial charge on any atom is 0.242 e. The summed E-state index contributed by atoms with van der Waals surface area (Å²) in [5.41, 5.74) is 3.47. The highest BCUT2D eigenvalue weighted by Gasteiger charge is 2.27. The van der Waals surface area contributed by atoms with E-state index in [1.807, 2.05) is 64.1 Å². The van der Waals surface area contributed by atoms with E-state index in [4.69, 9.17) is 0 Å². The Balaban J connectivity index is 2.19. The number of hydrogen-bond acceptors (Lipinski definition) is 4. The van der Waals surface area contributed by atoms with Gasteiger partial charge >= 0.3 is 0 Å². The summed E-state index contributed by atoms with van der Waals surface area (Å²) in [5, 5.41) is 2.88. The van der Waals surface area contributed by atoms with Crippen LogP contribution in [0.1, 0.15) is 50.3 Å². The zero-order valence-corrected chi connectivity index (χ0v) is 21.9. The number of benzene rings is 2. The van der Waals surface area contributed by atoms with Crippen LogP contribution in [-0.2, 0) is 26.2 Å². The number of carbonyl (C=O) groups excluding carboxylic acids is 2. The van der Waals surface area contributed by atoms with Gasteiger partial charge in [-0.25, -0.2) is 8.42 Å². The Hall–Kier alpha value is -2.87. The molecule has 0 aliphatic carbocycles. The first-order valence-corrected chi connectivity index (χ1v) is 13.4. The Labute approximate surface area is 204 Å². The molecule has 0 unspecified atom stereocenters. The number of aryl methyl sites for hydroxylation is 2. The molecule has 0 aliphatic heterocycles. The average Bonchev–Trinajstić information content (AvgIpc) is 2.75. The van der Waals surface area contributed by atoms with Crippen molar-refractivity contribution < 1.29 is 18.0 Å². The number of sulfonamides is 1. The third kappa shape index (κ3) is 7.58. The van der Waals surface area contributed by atoms with E-state index in [0.29, 0.717) is 18.7 Å². The minimum Gasteiger partial charge on any atom is -0.352 e. The van der Waals surface area contributed by atoms with E-state index in [1.165, 1.54) is 10.6 Å². The minimum absolute atomic E-state index is 0.0391. The molecule has 0 fully saturated rings. The summed E-state index contributed by atoms with van der Waals surface area (Å²) in [6.45, 7) is 9.81. The molecule has 0 bridgehead atoms. The highest BCUT2D eigenvalue weighted by atomic mass is 32.2. The van der Waals surface area contributed by atoms with Crippen LogP contribution in [0.4, 0.5) is 5.69 Å². The van der Waals surface area contributed by atoms with Crippen molar-refractivity contribution in [2.24, 2.45) is 0 Å². The third-order valence-electron chi connectivity index (χ3n) is 5.74. The van der Waals surface area contributed by atoms with Crippen molar-refractivity contribution in [1.82, 2.24) is 10.2 Å². The number of anilines is 1. The van der Waals surface area contributed by atoms with Crippen LogP contribution in [0.5, 0.6) is 0 Å². The lowest BCUT2D eigenvalue weighted by Gasteiger charge is -2.30. The summed E-state index contributed by atoms with van der Waals surface area (Å²) in [4.78, 5) is 27.6. The SMILES string of the molecule is Cc1ccccc1CN(C(=O)CCCN(c1ccccc1C)S(C)(=O)=O)[C@H](C)C(=O)NC(C)C. The van der Waals surface area contributed by atoms with E-state index < -0.39 is 16.1 Å². The first-order chi connectivity index (χ1) is 15.9. The molecule has 0 saturated carbocycles. The Morgan fingerprint density at radius 3 is 2.09 bits per heavy atom. The molecule has 8 heteroatoms. The van der Waals surface area contributed by atoms with Crippen LogP contribution in [0.15, 0.2) is 48.5 Å². The van der Waals surface area contributed by atoms with Crippen LogP contribution in [0.3, 0.4) is 0 Å². The Morgan fingerprint density at radius 1 is 0.941 bits per heavy atom. The Kier molecular flexibility index (Phi) is 9.67. The van der Waals surface area contributed by atoms with Crippen LogP contribution in [0.2, 0.25) is 0 Å². The van der Waals surface area contributed by atoms with E-state index in [-0.39, 0.29) is 30.8 Å². The van der Waals surface area contributed by atoms with Gasteiger partial charge in [0.1, 0.15) is 6.04 Å².